The van der Waals surface area contributed by atoms with E-state index in [9.17, 15) is 5.11 Å². The molecule has 0 amide bonds. The van der Waals surface area contributed by atoms with Gasteiger partial charge in [-0.1, -0.05) is 239 Å². The van der Waals surface area contributed by atoms with Crippen LogP contribution in [0.25, 0.3) is 0 Å². The summed E-state index contributed by atoms with van der Waals surface area (Å²) in [5, 5.41) is 11.2. The van der Waals surface area contributed by atoms with Crippen LogP contribution in [0.15, 0.2) is 12.1 Å². The lowest BCUT2D eigenvalue weighted by Crippen LogP contribution is -2.13. The first-order valence-corrected chi connectivity index (χ1v) is 21.7. The normalized spacial score (nSPS) is 11.9. The Balaban J connectivity index is 2.16. The average molecular weight is 655 g/mol. The summed E-state index contributed by atoms with van der Waals surface area (Å²) in [4.78, 5) is 0. The molecule has 0 radical (unpaired) electrons. The highest BCUT2D eigenvalue weighted by Gasteiger charge is 2.21. The highest BCUT2D eigenvalue weighted by molar-refractivity contribution is 5.47. The first-order valence-electron chi connectivity index (χ1n) is 21.7. The Morgan fingerprint density at radius 1 is 0.383 bits per heavy atom. The Labute approximate surface area is 297 Å². The van der Waals surface area contributed by atoms with Gasteiger partial charge in [0.15, 0.2) is 0 Å². The number of phenolic OH excluding ortho intramolecular Hbond substituents is 1. The van der Waals surface area contributed by atoms with Crippen molar-refractivity contribution < 1.29 is 5.11 Å². The molecule has 1 aromatic rings. The van der Waals surface area contributed by atoms with Gasteiger partial charge in [-0.15, -0.1) is 0 Å². The molecule has 1 rings (SSSR count). The lowest BCUT2D eigenvalue weighted by molar-refractivity contribution is 0.438. The minimum atomic E-state index is -0.0158. The molecule has 0 bridgehead atoms. The summed E-state index contributed by atoms with van der Waals surface area (Å²) < 4.78 is 0. The molecule has 0 unspecified atom stereocenters. The van der Waals surface area contributed by atoms with Crippen LogP contribution in [0.4, 0.5) is 0 Å². The lowest BCUT2D eigenvalue weighted by atomic mass is 9.82. The van der Waals surface area contributed by atoms with Crippen molar-refractivity contribution in [3.05, 3.63) is 28.8 Å². The van der Waals surface area contributed by atoms with E-state index >= 15 is 0 Å². The van der Waals surface area contributed by atoms with Crippen molar-refractivity contribution in [2.75, 3.05) is 0 Å². The summed E-state index contributed by atoms with van der Waals surface area (Å²) in [6, 6.07) is 4.67. The third-order valence-electron chi connectivity index (χ3n) is 10.7. The molecule has 0 heterocycles. The SMILES string of the molecule is CCCCCCCCCCCCCCCCCCc1cc(CCCCCCCCCCCCCCCCCC)c(O)c(C(C)(C)C)c1. The van der Waals surface area contributed by atoms with Crippen LogP contribution < -0.4 is 0 Å². The quantitative estimate of drug-likeness (QED) is 0.0733. The maximum absolute atomic E-state index is 11.2. The summed E-state index contributed by atoms with van der Waals surface area (Å²) in [7, 11) is 0. The number of phenols is 1. The van der Waals surface area contributed by atoms with Gasteiger partial charge in [-0.3, -0.25) is 0 Å². The number of hydrogen-bond donors (Lipinski definition) is 1. The minimum Gasteiger partial charge on any atom is -0.507 e. The number of aryl methyl sites for hydroxylation is 2. The fourth-order valence-electron chi connectivity index (χ4n) is 7.41. The van der Waals surface area contributed by atoms with E-state index in [-0.39, 0.29) is 5.41 Å². The van der Waals surface area contributed by atoms with Crippen molar-refractivity contribution >= 4 is 0 Å². The van der Waals surface area contributed by atoms with Crippen LogP contribution in [0.1, 0.15) is 257 Å². The van der Waals surface area contributed by atoms with Crippen LogP contribution in [0.5, 0.6) is 5.75 Å². The van der Waals surface area contributed by atoms with Crippen LogP contribution in [0, 0.1) is 0 Å². The molecule has 1 heteroatoms. The van der Waals surface area contributed by atoms with Gasteiger partial charge in [-0.2, -0.15) is 0 Å². The highest BCUT2D eigenvalue weighted by atomic mass is 16.3. The second-order valence-electron chi connectivity index (χ2n) is 16.5. The summed E-state index contributed by atoms with van der Waals surface area (Å²) in [6.45, 7) is 11.4. The monoisotopic (exact) mass is 655 g/mol. The smallest absolute Gasteiger partial charge is 0.122 e. The zero-order chi connectivity index (χ0) is 34.3. The zero-order valence-corrected chi connectivity index (χ0v) is 33.1. The maximum atomic E-state index is 11.2. The van der Waals surface area contributed by atoms with Gasteiger partial charge in [0, 0.05) is 0 Å². The van der Waals surface area contributed by atoms with Crippen molar-refractivity contribution in [2.45, 2.75) is 258 Å². The van der Waals surface area contributed by atoms with Crippen LogP contribution in [0.2, 0.25) is 0 Å². The van der Waals surface area contributed by atoms with E-state index in [4.69, 9.17) is 0 Å². The van der Waals surface area contributed by atoms with Gasteiger partial charge in [-0.05, 0) is 47.8 Å². The molecule has 0 saturated carbocycles. The van der Waals surface area contributed by atoms with E-state index in [0.717, 1.165) is 18.4 Å². The molecule has 0 aliphatic rings. The Kier molecular flexibility index (Phi) is 29.1. The van der Waals surface area contributed by atoms with Crippen molar-refractivity contribution in [1.29, 1.82) is 0 Å². The zero-order valence-electron chi connectivity index (χ0n) is 33.1. The number of rotatable bonds is 34. The molecule has 0 aliphatic carbocycles. The Bertz CT molecular complexity index is 802. The fourth-order valence-corrected chi connectivity index (χ4v) is 7.41. The molecule has 0 saturated heterocycles. The largest absolute Gasteiger partial charge is 0.507 e. The summed E-state index contributed by atoms with van der Waals surface area (Å²) in [6.07, 6.45) is 47.3. The standard InChI is InChI=1S/C46H86O/c1-6-8-10-12-14-16-18-20-22-24-26-28-30-32-34-36-38-42-40-43(45(47)44(41-42)46(3,4)5)39-37-35-33-31-29-27-25-23-21-19-17-15-13-11-9-7-2/h40-41,47H,6-39H2,1-5H3. The van der Waals surface area contributed by atoms with Gasteiger partial charge in [0.05, 0.1) is 0 Å². The van der Waals surface area contributed by atoms with E-state index in [0.29, 0.717) is 5.75 Å². The summed E-state index contributed by atoms with van der Waals surface area (Å²) in [5.74, 6) is 0.578. The van der Waals surface area contributed by atoms with Crippen LogP contribution >= 0.6 is 0 Å². The van der Waals surface area contributed by atoms with E-state index < -0.39 is 0 Å². The third kappa shape index (κ3) is 25.6. The number of hydrogen-bond acceptors (Lipinski definition) is 1. The molecule has 47 heavy (non-hydrogen) atoms. The van der Waals surface area contributed by atoms with Gasteiger partial charge >= 0.3 is 0 Å². The number of unbranched alkanes of at least 4 members (excludes halogenated alkanes) is 30. The van der Waals surface area contributed by atoms with Crippen LogP contribution in [0.3, 0.4) is 0 Å². The summed E-state index contributed by atoms with van der Waals surface area (Å²) in [5.41, 5.74) is 3.79. The first kappa shape index (κ1) is 44.0. The molecule has 0 atom stereocenters. The molecule has 0 aliphatic heterocycles. The molecule has 0 aromatic heterocycles. The molecular formula is C46H86O. The molecule has 276 valence electrons. The van der Waals surface area contributed by atoms with Gasteiger partial charge < -0.3 is 5.11 Å². The fraction of sp³-hybridized carbons (Fsp3) is 0.870. The van der Waals surface area contributed by atoms with E-state index in [1.807, 2.05) is 0 Å². The highest BCUT2D eigenvalue weighted by Crippen LogP contribution is 2.36. The van der Waals surface area contributed by atoms with Crippen molar-refractivity contribution in [1.82, 2.24) is 0 Å². The number of benzene rings is 1. The first-order chi connectivity index (χ1) is 22.9. The Morgan fingerprint density at radius 2 is 0.660 bits per heavy atom. The van der Waals surface area contributed by atoms with Crippen molar-refractivity contribution in [2.24, 2.45) is 0 Å². The van der Waals surface area contributed by atoms with Gasteiger partial charge in [0.1, 0.15) is 5.75 Å². The Morgan fingerprint density at radius 3 is 0.957 bits per heavy atom. The third-order valence-corrected chi connectivity index (χ3v) is 10.7. The number of aromatic hydroxyl groups is 1. The predicted octanol–water partition coefficient (Wildman–Crippen LogP) is 16.3. The topological polar surface area (TPSA) is 20.2 Å². The van der Waals surface area contributed by atoms with Crippen molar-refractivity contribution in [3.63, 3.8) is 0 Å². The van der Waals surface area contributed by atoms with E-state index in [2.05, 4.69) is 46.8 Å². The average Bonchev–Trinajstić information content (AvgIpc) is 3.04. The van der Waals surface area contributed by atoms with E-state index in [1.165, 1.54) is 217 Å². The molecule has 0 fully saturated rings. The second-order valence-corrected chi connectivity index (χ2v) is 16.5. The maximum Gasteiger partial charge on any atom is 0.122 e. The Hall–Kier alpha value is -0.980. The molecule has 1 aromatic carbocycles. The van der Waals surface area contributed by atoms with Gasteiger partial charge in [0.25, 0.3) is 0 Å². The molecular weight excluding hydrogens is 569 g/mol. The van der Waals surface area contributed by atoms with Crippen molar-refractivity contribution in [3.8, 4) is 5.75 Å². The molecule has 0 spiro atoms. The van der Waals surface area contributed by atoms with Crippen LogP contribution in [-0.2, 0) is 18.3 Å². The van der Waals surface area contributed by atoms with Crippen LogP contribution in [-0.4, -0.2) is 5.11 Å². The molecule has 1 nitrogen and oxygen atoms in total. The predicted molar refractivity (Wildman–Crippen MR) is 213 cm³/mol. The van der Waals surface area contributed by atoms with Gasteiger partial charge in [0.2, 0.25) is 0 Å². The summed E-state index contributed by atoms with van der Waals surface area (Å²) >= 11 is 0. The lowest BCUT2D eigenvalue weighted by Gasteiger charge is -2.23. The van der Waals surface area contributed by atoms with Gasteiger partial charge in [-0.25, -0.2) is 0 Å². The second kappa shape index (κ2) is 31.0. The minimum absolute atomic E-state index is 0.0158. The molecule has 1 N–H and O–H groups in total. The van der Waals surface area contributed by atoms with E-state index in [1.54, 1.807) is 0 Å².